The Morgan fingerprint density at radius 1 is 0.467 bits per heavy atom. The Kier molecular flexibility index (Phi) is 43.8. The number of carboxylic acid groups (broad SMARTS) is 2. The standard InChI is InChI=1S/C20H37IO2.C19H35IO2/c1-19(18-20(22)23)16-14-12-10-8-6-4-2-3-5-7-9-11-13-15-17-21;20-18-16-14-12-10-8-6-4-2-1-3-5-7-9-11-13-15-17-19(21)22/h15,17,19H,2-14,16,18H2,1H3,(H,22,23);16,18H,1-15,17H2,(H,21,22)/b17-15+;18-16+. The van der Waals surface area contributed by atoms with E-state index >= 15 is 0 Å². The van der Waals surface area contributed by atoms with Crippen LogP contribution in [-0.2, 0) is 9.59 Å². The van der Waals surface area contributed by atoms with Crippen molar-refractivity contribution in [2.75, 3.05) is 0 Å². The molecule has 1 atom stereocenters. The highest BCUT2D eigenvalue weighted by molar-refractivity contribution is 14.1. The van der Waals surface area contributed by atoms with Crippen LogP contribution in [0.4, 0.5) is 0 Å². The van der Waals surface area contributed by atoms with Crippen LogP contribution in [0.5, 0.6) is 0 Å². The highest BCUT2D eigenvalue weighted by Gasteiger charge is 2.06. The van der Waals surface area contributed by atoms with Gasteiger partial charge in [0.2, 0.25) is 0 Å². The maximum atomic E-state index is 10.6. The molecule has 0 saturated heterocycles. The average molecular weight is 859 g/mol. The van der Waals surface area contributed by atoms with Gasteiger partial charge in [0.15, 0.2) is 0 Å². The zero-order chi connectivity index (χ0) is 33.5. The van der Waals surface area contributed by atoms with Gasteiger partial charge in [0.05, 0.1) is 0 Å². The predicted molar refractivity (Wildman–Crippen MR) is 214 cm³/mol. The molecule has 0 amide bonds. The number of carbonyl (C=O) groups is 2. The summed E-state index contributed by atoms with van der Waals surface area (Å²) in [5, 5.41) is 17.2. The third-order valence-corrected chi connectivity index (χ3v) is 9.55. The van der Waals surface area contributed by atoms with Crippen LogP contribution in [0.3, 0.4) is 0 Å². The Hall–Kier alpha value is -0.120. The lowest BCUT2D eigenvalue weighted by Gasteiger charge is -2.08. The number of rotatable bonds is 34. The van der Waals surface area contributed by atoms with Crippen molar-refractivity contribution in [3.63, 3.8) is 0 Å². The van der Waals surface area contributed by atoms with Gasteiger partial charge in [-0.05, 0) is 46.2 Å². The van der Waals surface area contributed by atoms with E-state index in [0.29, 0.717) is 18.8 Å². The van der Waals surface area contributed by atoms with Gasteiger partial charge in [-0.15, -0.1) is 0 Å². The summed E-state index contributed by atoms with van der Waals surface area (Å²) < 4.78 is 4.24. The second-order valence-corrected chi connectivity index (χ2v) is 14.6. The molecule has 0 aliphatic rings. The first-order valence-electron chi connectivity index (χ1n) is 18.9. The van der Waals surface area contributed by atoms with Gasteiger partial charge in [-0.1, -0.05) is 218 Å². The molecule has 1 unspecified atom stereocenters. The van der Waals surface area contributed by atoms with Crippen molar-refractivity contribution in [1.82, 2.24) is 0 Å². The van der Waals surface area contributed by atoms with Crippen LogP contribution in [0.25, 0.3) is 0 Å². The van der Waals surface area contributed by atoms with Gasteiger partial charge in [0.25, 0.3) is 0 Å². The van der Waals surface area contributed by atoms with Gasteiger partial charge in [-0.2, -0.15) is 0 Å². The topological polar surface area (TPSA) is 74.6 Å². The number of carboxylic acids is 2. The fraction of sp³-hybridized carbons (Fsp3) is 0.846. The van der Waals surface area contributed by atoms with E-state index in [1.54, 1.807) is 0 Å². The minimum absolute atomic E-state index is 0.328. The summed E-state index contributed by atoms with van der Waals surface area (Å²) in [6.07, 6.45) is 43.3. The minimum atomic E-state index is -0.657. The molecule has 0 aliphatic carbocycles. The fourth-order valence-corrected chi connectivity index (χ4v) is 6.43. The van der Waals surface area contributed by atoms with Crippen LogP contribution in [0.2, 0.25) is 0 Å². The molecule has 0 rings (SSSR count). The molecule has 45 heavy (non-hydrogen) atoms. The molecule has 4 nitrogen and oxygen atoms in total. The van der Waals surface area contributed by atoms with Gasteiger partial charge in [0.1, 0.15) is 0 Å². The van der Waals surface area contributed by atoms with E-state index in [0.717, 1.165) is 19.3 Å². The number of unbranched alkanes of at least 4 members (excludes halogenated alkanes) is 26. The lowest BCUT2D eigenvalue weighted by Crippen LogP contribution is -2.03. The summed E-state index contributed by atoms with van der Waals surface area (Å²) in [5.74, 6) is -0.974. The van der Waals surface area contributed by atoms with E-state index in [1.807, 2.05) is 6.92 Å². The first-order chi connectivity index (χ1) is 21.9. The molecule has 0 aromatic carbocycles. The monoisotopic (exact) mass is 858 g/mol. The summed E-state index contributed by atoms with van der Waals surface area (Å²) in [5.41, 5.74) is 0. The summed E-state index contributed by atoms with van der Waals surface area (Å²) in [6.45, 7) is 2.05. The van der Waals surface area contributed by atoms with E-state index < -0.39 is 11.9 Å². The van der Waals surface area contributed by atoms with Crippen LogP contribution >= 0.6 is 45.2 Å². The Bertz CT molecular complexity index is 665. The van der Waals surface area contributed by atoms with Crippen molar-refractivity contribution in [1.29, 1.82) is 0 Å². The molecule has 0 heterocycles. The zero-order valence-corrected chi connectivity index (χ0v) is 33.6. The quantitative estimate of drug-likeness (QED) is 0.0499. The second kappa shape index (κ2) is 41.9. The third-order valence-electron chi connectivity index (χ3n) is 8.53. The Morgan fingerprint density at radius 3 is 1.04 bits per heavy atom. The molecule has 0 saturated carbocycles. The SMILES string of the molecule is CC(CCCCCCCCCCCCCC/C=C/I)CC(=O)O.O=C(O)CCCCCCCCCCCCCCCC/C=C/I. The molecule has 0 radical (unpaired) electrons. The molecular weight excluding hydrogens is 786 g/mol. The second-order valence-electron chi connectivity index (χ2n) is 13.1. The molecule has 266 valence electrons. The van der Waals surface area contributed by atoms with Crippen molar-refractivity contribution in [2.45, 2.75) is 206 Å². The molecule has 0 aromatic heterocycles. The van der Waals surface area contributed by atoms with Crippen LogP contribution < -0.4 is 0 Å². The molecule has 2 N–H and O–H groups in total. The molecule has 0 aromatic rings. The van der Waals surface area contributed by atoms with E-state index in [1.165, 1.54) is 167 Å². The summed E-state index contributed by atoms with van der Waals surface area (Å²) in [6, 6.07) is 0. The summed E-state index contributed by atoms with van der Waals surface area (Å²) >= 11 is 4.58. The van der Waals surface area contributed by atoms with Crippen LogP contribution in [-0.4, -0.2) is 22.2 Å². The van der Waals surface area contributed by atoms with Crippen molar-refractivity contribution >= 4 is 57.1 Å². The molecular formula is C39H72I2O4. The summed E-state index contributed by atoms with van der Waals surface area (Å²) in [4.78, 5) is 20.9. The lowest BCUT2D eigenvalue weighted by atomic mass is 9.99. The van der Waals surface area contributed by atoms with E-state index in [2.05, 4.69) is 65.5 Å². The Morgan fingerprint density at radius 2 is 0.756 bits per heavy atom. The highest BCUT2D eigenvalue weighted by atomic mass is 127. The van der Waals surface area contributed by atoms with E-state index in [4.69, 9.17) is 10.2 Å². The van der Waals surface area contributed by atoms with Gasteiger partial charge in [-0.25, -0.2) is 0 Å². The normalized spacial score (nSPS) is 12.1. The van der Waals surface area contributed by atoms with E-state index in [9.17, 15) is 9.59 Å². The number of halogens is 2. The molecule has 6 heteroatoms. The average Bonchev–Trinajstić information content (AvgIpc) is 3.00. The van der Waals surface area contributed by atoms with Crippen molar-refractivity contribution in [3.05, 3.63) is 20.3 Å². The Balaban J connectivity index is 0. The van der Waals surface area contributed by atoms with Crippen molar-refractivity contribution < 1.29 is 19.8 Å². The van der Waals surface area contributed by atoms with Crippen molar-refractivity contribution in [3.8, 4) is 0 Å². The van der Waals surface area contributed by atoms with Gasteiger partial charge in [-0.3, -0.25) is 9.59 Å². The van der Waals surface area contributed by atoms with Crippen LogP contribution in [0.1, 0.15) is 206 Å². The summed E-state index contributed by atoms with van der Waals surface area (Å²) in [7, 11) is 0. The number of aliphatic carboxylic acids is 2. The van der Waals surface area contributed by atoms with Crippen LogP contribution in [0, 0.1) is 5.92 Å². The van der Waals surface area contributed by atoms with E-state index in [-0.39, 0.29) is 0 Å². The molecule has 0 fully saturated rings. The predicted octanol–water partition coefficient (Wildman–Crippen LogP) is 14.8. The van der Waals surface area contributed by atoms with Gasteiger partial charge >= 0.3 is 11.9 Å². The third kappa shape index (κ3) is 48.4. The van der Waals surface area contributed by atoms with Crippen molar-refractivity contribution in [2.24, 2.45) is 5.92 Å². The minimum Gasteiger partial charge on any atom is -0.481 e. The maximum absolute atomic E-state index is 10.6. The number of hydrogen-bond donors (Lipinski definition) is 2. The largest absolute Gasteiger partial charge is 0.481 e. The Labute approximate surface area is 307 Å². The van der Waals surface area contributed by atoms with Gasteiger partial charge in [0, 0.05) is 12.8 Å². The first kappa shape index (κ1) is 47.0. The molecule has 0 spiro atoms. The lowest BCUT2D eigenvalue weighted by molar-refractivity contribution is -0.138. The fourth-order valence-electron chi connectivity index (χ4n) is 5.71. The first-order valence-corrected chi connectivity index (χ1v) is 21.4. The zero-order valence-electron chi connectivity index (χ0n) is 29.3. The molecule has 0 aliphatic heterocycles. The van der Waals surface area contributed by atoms with Gasteiger partial charge < -0.3 is 10.2 Å². The number of hydrogen-bond acceptors (Lipinski definition) is 2. The smallest absolute Gasteiger partial charge is 0.303 e. The van der Waals surface area contributed by atoms with Crippen LogP contribution in [0.15, 0.2) is 20.3 Å². The maximum Gasteiger partial charge on any atom is 0.303 e. The molecule has 0 bridgehead atoms. The number of allylic oxidation sites excluding steroid dienone is 2. The highest BCUT2D eigenvalue weighted by Crippen LogP contribution is 2.17.